The van der Waals surface area contributed by atoms with Crippen molar-refractivity contribution < 1.29 is 13.9 Å². The van der Waals surface area contributed by atoms with Crippen molar-refractivity contribution in [1.29, 1.82) is 0 Å². The third kappa shape index (κ3) is 4.59. The van der Waals surface area contributed by atoms with Crippen LogP contribution in [-0.2, 0) is 9.53 Å². The quantitative estimate of drug-likeness (QED) is 0.600. The molecule has 33 heavy (non-hydrogen) atoms. The van der Waals surface area contributed by atoms with E-state index in [1.54, 1.807) is 31.6 Å². The summed E-state index contributed by atoms with van der Waals surface area (Å²) in [6.45, 7) is 2.77. The zero-order chi connectivity index (χ0) is 22.8. The van der Waals surface area contributed by atoms with E-state index < -0.39 is 0 Å². The molecule has 0 spiro atoms. The fourth-order valence-corrected chi connectivity index (χ4v) is 3.83. The molecule has 3 heterocycles. The first-order valence-corrected chi connectivity index (χ1v) is 11.0. The van der Waals surface area contributed by atoms with Crippen LogP contribution in [0.4, 0.5) is 21.7 Å². The molecule has 1 aromatic carbocycles. The van der Waals surface area contributed by atoms with Crippen LogP contribution in [0.25, 0.3) is 10.8 Å². The van der Waals surface area contributed by atoms with Crippen LogP contribution in [0.2, 0.25) is 0 Å². The van der Waals surface area contributed by atoms with Gasteiger partial charge in [0.15, 0.2) is 0 Å². The number of anilines is 3. The van der Waals surface area contributed by atoms with Crippen LogP contribution in [-0.4, -0.2) is 49.2 Å². The van der Waals surface area contributed by atoms with Crippen LogP contribution in [0.3, 0.4) is 0 Å². The lowest BCUT2D eigenvalue weighted by Crippen LogP contribution is -2.36. The highest BCUT2D eigenvalue weighted by Gasteiger charge is 2.29. The molecule has 0 bridgehead atoms. The minimum Gasteiger partial charge on any atom is -0.378 e. The highest BCUT2D eigenvalue weighted by atomic mass is 19.1. The lowest BCUT2D eigenvalue weighted by Gasteiger charge is -2.28. The number of ether oxygens (including phenoxy) is 1. The Labute approximate surface area is 191 Å². The van der Waals surface area contributed by atoms with Crippen molar-refractivity contribution >= 4 is 34.0 Å². The number of halogens is 1. The summed E-state index contributed by atoms with van der Waals surface area (Å²) in [6, 6.07) is 6.90. The SMILES string of the molecule is CNc1ncc(C#Cc2ccc(N3CCOCC3)cc2F)c2cc(NC(=O)C3CC3)ncc12. The molecule has 168 valence electrons. The predicted octanol–water partition coefficient (Wildman–Crippen LogP) is 3.40. The van der Waals surface area contributed by atoms with Gasteiger partial charge in [0.25, 0.3) is 0 Å². The number of nitrogens with zero attached hydrogens (tertiary/aromatic N) is 3. The summed E-state index contributed by atoms with van der Waals surface area (Å²) in [4.78, 5) is 23.0. The molecule has 8 heteroatoms. The summed E-state index contributed by atoms with van der Waals surface area (Å²) in [5.41, 5.74) is 1.77. The van der Waals surface area contributed by atoms with Crippen molar-refractivity contribution in [3.8, 4) is 11.8 Å². The smallest absolute Gasteiger partial charge is 0.228 e. The normalized spacial score (nSPS) is 15.6. The molecule has 1 saturated carbocycles. The third-order valence-corrected chi connectivity index (χ3v) is 5.87. The van der Waals surface area contributed by atoms with Gasteiger partial charge in [-0.3, -0.25) is 4.79 Å². The Balaban J connectivity index is 1.46. The molecule has 2 fully saturated rings. The lowest BCUT2D eigenvalue weighted by atomic mass is 10.1. The van der Waals surface area contributed by atoms with Gasteiger partial charge in [0, 0.05) is 54.9 Å². The Bertz CT molecular complexity index is 1270. The topological polar surface area (TPSA) is 79.4 Å². The Hall–Kier alpha value is -3.70. The summed E-state index contributed by atoms with van der Waals surface area (Å²) in [6.07, 6.45) is 5.15. The Morgan fingerprint density at radius 1 is 1.09 bits per heavy atom. The fourth-order valence-electron chi connectivity index (χ4n) is 3.83. The largest absolute Gasteiger partial charge is 0.378 e. The van der Waals surface area contributed by atoms with Gasteiger partial charge in [-0.05, 0) is 37.1 Å². The number of pyridine rings is 2. The van der Waals surface area contributed by atoms with Gasteiger partial charge in [-0.2, -0.15) is 0 Å². The summed E-state index contributed by atoms with van der Waals surface area (Å²) < 4.78 is 20.1. The minimum absolute atomic E-state index is 0.0141. The van der Waals surface area contributed by atoms with E-state index in [4.69, 9.17) is 4.74 Å². The number of fused-ring (bicyclic) bond motifs is 1. The number of nitrogens with one attached hydrogen (secondary N) is 2. The summed E-state index contributed by atoms with van der Waals surface area (Å²) >= 11 is 0. The van der Waals surface area contributed by atoms with Crippen LogP contribution in [0.15, 0.2) is 36.7 Å². The van der Waals surface area contributed by atoms with E-state index in [2.05, 4.69) is 37.3 Å². The number of hydrogen-bond acceptors (Lipinski definition) is 6. The molecule has 1 aliphatic carbocycles. The zero-order valence-electron chi connectivity index (χ0n) is 18.3. The molecule has 0 radical (unpaired) electrons. The molecule has 3 aromatic rings. The number of carbonyl (C=O) groups excluding carboxylic acids is 1. The van der Waals surface area contributed by atoms with E-state index in [1.807, 2.05) is 6.07 Å². The van der Waals surface area contributed by atoms with Crippen LogP contribution in [0, 0.1) is 23.6 Å². The second-order valence-corrected chi connectivity index (χ2v) is 8.16. The number of benzene rings is 1. The van der Waals surface area contributed by atoms with E-state index in [-0.39, 0.29) is 17.6 Å². The highest BCUT2D eigenvalue weighted by Crippen LogP contribution is 2.31. The molecule has 0 atom stereocenters. The van der Waals surface area contributed by atoms with Gasteiger partial charge in [0.2, 0.25) is 5.91 Å². The molecular weight excluding hydrogens is 421 g/mol. The second kappa shape index (κ2) is 9.04. The highest BCUT2D eigenvalue weighted by molar-refractivity contribution is 5.99. The number of amides is 1. The number of rotatable bonds is 4. The molecule has 1 aliphatic heterocycles. The van der Waals surface area contributed by atoms with Gasteiger partial charge in [-0.1, -0.05) is 11.8 Å². The van der Waals surface area contributed by atoms with Gasteiger partial charge in [-0.15, -0.1) is 0 Å². The molecule has 1 amide bonds. The number of hydrogen-bond donors (Lipinski definition) is 2. The molecule has 2 N–H and O–H groups in total. The Morgan fingerprint density at radius 2 is 1.88 bits per heavy atom. The maximum Gasteiger partial charge on any atom is 0.228 e. The van der Waals surface area contributed by atoms with E-state index >= 15 is 0 Å². The Morgan fingerprint density at radius 3 is 2.61 bits per heavy atom. The van der Waals surface area contributed by atoms with E-state index in [9.17, 15) is 9.18 Å². The average Bonchev–Trinajstić information content (AvgIpc) is 3.69. The first-order chi connectivity index (χ1) is 16.1. The van der Waals surface area contributed by atoms with Crippen molar-refractivity contribution in [2.45, 2.75) is 12.8 Å². The molecule has 7 nitrogen and oxygen atoms in total. The van der Waals surface area contributed by atoms with Crippen LogP contribution in [0.5, 0.6) is 0 Å². The Kier molecular flexibility index (Phi) is 5.80. The van der Waals surface area contributed by atoms with Crippen molar-refractivity contribution in [3.05, 3.63) is 53.6 Å². The second-order valence-electron chi connectivity index (χ2n) is 8.16. The van der Waals surface area contributed by atoms with Gasteiger partial charge >= 0.3 is 0 Å². The number of morpholine rings is 1. The molecular formula is C25H24FN5O2. The average molecular weight is 445 g/mol. The van der Waals surface area contributed by atoms with Crippen LogP contribution in [0.1, 0.15) is 24.0 Å². The van der Waals surface area contributed by atoms with Crippen molar-refractivity contribution in [1.82, 2.24) is 9.97 Å². The monoisotopic (exact) mass is 445 g/mol. The third-order valence-electron chi connectivity index (χ3n) is 5.87. The van der Waals surface area contributed by atoms with Crippen LogP contribution >= 0.6 is 0 Å². The summed E-state index contributed by atoms with van der Waals surface area (Å²) in [5, 5.41) is 7.47. The van der Waals surface area contributed by atoms with E-state index in [1.165, 1.54) is 6.07 Å². The van der Waals surface area contributed by atoms with Crippen molar-refractivity contribution in [2.75, 3.05) is 48.9 Å². The van der Waals surface area contributed by atoms with E-state index in [0.29, 0.717) is 36.0 Å². The molecule has 0 unspecified atom stereocenters. The summed E-state index contributed by atoms with van der Waals surface area (Å²) in [5.74, 6) is 6.82. The predicted molar refractivity (Wildman–Crippen MR) is 126 cm³/mol. The molecule has 2 aliphatic rings. The van der Waals surface area contributed by atoms with Crippen molar-refractivity contribution in [3.63, 3.8) is 0 Å². The molecule has 1 saturated heterocycles. The van der Waals surface area contributed by atoms with Gasteiger partial charge in [0.1, 0.15) is 17.5 Å². The minimum atomic E-state index is -0.366. The maximum absolute atomic E-state index is 14.8. The maximum atomic E-state index is 14.8. The molecule has 2 aromatic heterocycles. The van der Waals surface area contributed by atoms with Gasteiger partial charge in [-0.25, -0.2) is 14.4 Å². The van der Waals surface area contributed by atoms with Crippen LogP contribution < -0.4 is 15.5 Å². The van der Waals surface area contributed by atoms with E-state index in [0.717, 1.165) is 42.4 Å². The number of carbonyl (C=O) groups is 1. The first-order valence-electron chi connectivity index (χ1n) is 11.0. The first kappa shape index (κ1) is 21.2. The standard InChI is InChI=1S/C25H24FN5O2/c1-27-24-21-15-28-23(30-25(32)17-3-4-17)13-20(21)18(14-29-24)5-2-16-6-7-19(12-22(16)26)31-8-10-33-11-9-31/h6-7,12-15,17H,3-4,8-11H2,1H3,(H,27,29)(H,28,30,32). The summed E-state index contributed by atoms with van der Waals surface area (Å²) in [7, 11) is 1.78. The lowest BCUT2D eigenvalue weighted by molar-refractivity contribution is -0.117. The zero-order valence-corrected chi connectivity index (χ0v) is 18.3. The van der Waals surface area contributed by atoms with Crippen molar-refractivity contribution in [2.24, 2.45) is 5.92 Å². The van der Waals surface area contributed by atoms with Gasteiger partial charge < -0.3 is 20.3 Å². The fraction of sp³-hybridized carbons (Fsp3) is 0.320. The molecule has 5 rings (SSSR count). The van der Waals surface area contributed by atoms with Gasteiger partial charge in [0.05, 0.1) is 24.3 Å². The number of aromatic nitrogens is 2.